The number of halogens is 2. The summed E-state index contributed by atoms with van der Waals surface area (Å²) in [5.41, 5.74) is 3.40. The van der Waals surface area contributed by atoms with Crippen molar-refractivity contribution in [1.82, 2.24) is 0 Å². The van der Waals surface area contributed by atoms with Crippen LogP contribution in [0, 0.1) is 6.92 Å². The van der Waals surface area contributed by atoms with Gasteiger partial charge in [-0.2, -0.15) is 0 Å². The number of aryl methyl sites for hydroxylation is 1. The summed E-state index contributed by atoms with van der Waals surface area (Å²) in [5.74, 6) is 0.887. The molecule has 0 saturated heterocycles. The minimum Gasteiger partial charge on any atom is -0.491 e. The average molecular weight is 354 g/mol. The molecular weight excluding hydrogens is 336 g/mol. The summed E-state index contributed by atoms with van der Waals surface area (Å²) in [6, 6.07) is 14.2. The molecule has 0 aliphatic rings. The maximum atomic E-state index is 6.32. The summed E-state index contributed by atoms with van der Waals surface area (Å²) in [6.07, 6.45) is 0.187. The van der Waals surface area contributed by atoms with Crippen LogP contribution in [-0.2, 0) is 0 Å². The molecule has 0 heterocycles. The first kappa shape index (κ1) is 15.4. The smallest absolute Gasteiger partial charge is 0.119 e. The SMILES string of the molecule is Cc1ccc(C(Br)c2ccc(OC(C)C)cc2)c(Cl)c1. The lowest BCUT2D eigenvalue weighted by molar-refractivity contribution is 0.242. The number of ether oxygens (including phenoxy) is 1. The first-order valence-corrected chi connectivity index (χ1v) is 7.93. The molecule has 0 aliphatic heterocycles. The van der Waals surface area contributed by atoms with Gasteiger partial charge in [0, 0.05) is 5.02 Å². The zero-order chi connectivity index (χ0) is 14.7. The van der Waals surface area contributed by atoms with Gasteiger partial charge in [0.25, 0.3) is 0 Å². The number of rotatable bonds is 4. The van der Waals surface area contributed by atoms with Crippen LogP contribution in [0.25, 0.3) is 0 Å². The topological polar surface area (TPSA) is 9.23 Å². The number of hydrogen-bond acceptors (Lipinski definition) is 1. The van der Waals surface area contributed by atoms with Crippen LogP contribution in [0.2, 0.25) is 5.02 Å². The molecule has 0 aromatic heterocycles. The van der Waals surface area contributed by atoms with E-state index in [1.165, 1.54) is 5.56 Å². The van der Waals surface area contributed by atoms with Gasteiger partial charge in [0.2, 0.25) is 0 Å². The maximum Gasteiger partial charge on any atom is 0.119 e. The van der Waals surface area contributed by atoms with Crippen molar-refractivity contribution in [1.29, 1.82) is 0 Å². The van der Waals surface area contributed by atoms with Crippen LogP contribution in [0.15, 0.2) is 42.5 Å². The Morgan fingerprint density at radius 3 is 2.25 bits per heavy atom. The average Bonchev–Trinajstić information content (AvgIpc) is 2.38. The van der Waals surface area contributed by atoms with E-state index in [9.17, 15) is 0 Å². The number of hydrogen-bond donors (Lipinski definition) is 0. The standard InChI is InChI=1S/C17H18BrClO/c1-11(2)20-14-7-5-13(6-8-14)17(18)15-9-4-12(3)10-16(15)19/h4-11,17H,1-3H3. The van der Waals surface area contributed by atoms with Crippen LogP contribution in [0.3, 0.4) is 0 Å². The summed E-state index contributed by atoms with van der Waals surface area (Å²) < 4.78 is 5.65. The second-order valence-electron chi connectivity index (χ2n) is 5.12. The summed E-state index contributed by atoms with van der Waals surface area (Å²) in [4.78, 5) is 0.0868. The van der Waals surface area contributed by atoms with Gasteiger partial charge in [-0.05, 0) is 55.7 Å². The van der Waals surface area contributed by atoms with Gasteiger partial charge in [-0.1, -0.05) is 51.8 Å². The van der Waals surface area contributed by atoms with Crippen LogP contribution in [0.1, 0.15) is 35.4 Å². The molecule has 0 spiro atoms. The molecule has 1 nitrogen and oxygen atoms in total. The quantitative estimate of drug-likeness (QED) is 0.620. The molecule has 2 aromatic carbocycles. The zero-order valence-corrected chi connectivity index (χ0v) is 14.2. The van der Waals surface area contributed by atoms with E-state index < -0.39 is 0 Å². The van der Waals surface area contributed by atoms with Crippen LogP contribution in [0.4, 0.5) is 0 Å². The molecule has 2 rings (SSSR count). The summed E-state index contributed by atoms with van der Waals surface area (Å²) >= 11 is 10.0. The Morgan fingerprint density at radius 2 is 1.70 bits per heavy atom. The third-order valence-electron chi connectivity index (χ3n) is 2.97. The molecular formula is C17H18BrClO. The minimum absolute atomic E-state index is 0.0868. The Bertz CT molecular complexity index is 578. The van der Waals surface area contributed by atoms with E-state index >= 15 is 0 Å². The molecule has 0 aliphatic carbocycles. The van der Waals surface area contributed by atoms with Crippen molar-refractivity contribution in [3.05, 3.63) is 64.2 Å². The lowest BCUT2D eigenvalue weighted by Crippen LogP contribution is -2.05. The van der Waals surface area contributed by atoms with E-state index in [1.807, 2.05) is 39.0 Å². The first-order valence-electron chi connectivity index (χ1n) is 6.64. The molecule has 20 heavy (non-hydrogen) atoms. The highest BCUT2D eigenvalue weighted by atomic mass is 79.9. The molecule has 0 bridgehead atoms. The van der Waals surface area contributed by atoms with Crippen LogP contribution in [-0.4, -0.2) is 6.10 Å². The molecule has 2 aromatic rings. The van der Waals surface area contributed by atoms with Crippen LogP contribution < -0.4 is 4.74 Å². The van der Waals surface area contributed by atoms with Crippen molar-refractivity contribution in [3.8, 4) is 5.75 Å². The van der Waals surface area contributed by atoms with Crippen LogP contribution >= 0.6 is 27.5 Å². The fourth-order valence-corrected chi connectivity index (χ4v) is 3.19. The molecule has 0 saturated carbocycles. The Morgan fingerprint density at radius 1 is 1.05 bits per heavy atom. The van der Waals surface area contributed by atoms with Crippen molar-refractivity contribution in [2.24, 2.45) is 0 Å². The highest BCUT2D eigenvalue weighted by Crippen LogP contribution is 2.36. The lowest BCUT2D eigenvalue weighted by Gasteiger charge is -2.15. The zero-order valence-electron chi connectivity index (χ0n) is 11.9. The lowest BCUT2D eigenvalue weighted by atomic mass is 10.0. The monoisotopic (exact) mass is 352 g/mol. The second-order valence-corrected chi connectivity index (χ2v) is 6.45. The Hall–Kier alpha value is -0.990. The molecule has 3 heteroatoms. The van der Waals surface area contributed by atoms with Gasteiger partial charge in [0.05, 0.1) is 10.9 Å². The minimum atomic E-state index is 0.0868. The second kappa shape index (κ2) is 6.64. The van der Waals surface area contributed by atoms with Crippen molar-refractivity contribution >= 4 is 27.5 Å². The van der Waals surface area contributed by atoms with Gasteiger partial charge in [0.1, 0.15) is 5.75 Å². The maximum absolute atomic E-state index is 6.32. The highest BCUT2D eigenvalue weighted by molar-refractivity contribution is 9.09. The predicted octanol–water partition coefficient (Wildman–Crippen LogP) is 5.92. The normalized spacial score (nSPS) is 12.5. The number of alkyl halides is 1. The Balaban J connectivity index is 2.22. The Labute approximate surface area is 134 Å². The molecule has 106 valence electrons. The van der Waals surface area contributed by atoms with E-state index in [-0.39, 0.29) is 10.9 Å². The van der Waals surface area contributed by atoms with Gasteiger partial charge in [-0.3, -0.25) is 0 Å². The molecule has 1 unspecified atom stereocenters. The van der Waals surface area contributed by atoms with Crippen LogP contribution in [0.5, 0.6) is 5.75 Å². The molecule has 0 amide bonds. The molecule has 0 radical (unpaired) electrons. The van der Waals surface area contributed by atoms with Crippen molar-refractivity contribution in [2.75, 3.05) is 0 Å². The van der Waals surface area contributed by atoms with Crippen molar-refractivity contribution < 1.29 is 4.74 Å². The Kier molecular flexibility index (Phi) is 5.11. The van der Waals surface area contributed by atoms with E-state index in [2.05, 4.69) is 40.2 Å². The van der Waals surface area contributed by atoms with Gasteiger partial charge in [-0.25, -0.2) is 0 Å². The summed E-state index contributed by atoms with van der Waals surface area (Å²) in [6.45, 7) is 6.08. The van der Waals surface area contributed by atoms with Crippen molar-refractivity contribution in [3.63, 3.8) is 0 Å². The summed E-state index contributed by atoms with van der Waals surface area (Å²) in [7, 11) is 0. The van der Waals surface area contributed by atoms with Crippen molar-refractivity contribution in [2.45, 2.75) is 31.7 Å². The van der Waals surface area contributed by atoms with E-state index in [1.54, 1.807) is 0 Å². The molecule has 0 fully saturated rings. The van der Waals surface area contributed by atoms with E-state index in [0.717, 1.165) is 21.9 Å². The van der Waals surface area contributed by atoms with Gasteiger partial charge >= 0.3 is 0 Å². The molecule has 1 atom stereocenters. The summed E-state index contributed by atoms with van der Waals surface area (Å²) in [5, 5.41) is 0.786. The fourth-order valence-electron chi connectivity index (χ4n) is 2.00. The largest absolute Gasteiger partial charge is 0.491 e. The van der Waals surface area contributed by atoms with E-state index in [4.69, 9.17) is 16.3 Å². The van der Waals surface area contributed by atoms with Gasteiger partial charge in [-0.15, -0.1) is 0 Å². The highest BCUT2D eigenvalue weighted by Gasteiger charge is 2.14. The molecule has 0 N–H and O–H groups in total. The first-order chi connectivity index (χ1) is 9.47. The third kappa shape index (κ3) is 3.77. The van der Waals surface area contributed by atoms with Gasteiger partial charge < -0.3 is 4.74 Å². The number of benzene rings is 2. The van der Waals surface area contributed by atoms with E-state index in [0.29, 0.717) is 0 Å². The third-order valence-corrected chi connectivity index (χ3v) is 4.32. The fraction of sp³-hybridized carbons (Fsp3) is 0.294. The predicted molar refractivity (Wildman–Crippen MR) is 89.2 cm³/mol. The van der Waals surface area contributed by atoms with Gasteiger partial charge in [0.15, 0.2) is 0 Å².